The summed E-state index contributed by atoms with van der Waals surface area (Å²) in [5.41, 5.74) is 0.504. The molecule has 4 heterocycles. The Morgan fingerprint density at radius 3 is 2.48 bits per heavy atom. The Kier molecular flexibility index (Phi) is 8.73. The fraction of sp³-hybridized carbons (Fsp3) is 0.568. The number of amides is 2. The van der Waals surface area contributed by atoms with E-state index >= 15 is 0 Å². The number of aromatic nitrogens is 3. The number of aryl methyl sites for hydroxylation is 1. The number of rotatable bonds is 7. The molecule has 50 heavy (non-hydrogen) atoms. The van der Waals surface area contributed by atoms with Crippen LogP contribution in [0, 0.1) is 5.92 Å². The summed E-state index contributed by atoms with van der Waals surface area (Å²) in [5.74, 6) is 0.911. The van der Waals surface area contributed by atoms with Crippen LogP contribution in [0.15, 0.2) is 42.7 Å². The first-order chi connectivity index (χ1) is 23.6. The van der Waals surface area contributed by atoms with E-state index in [0.29, 0.717) is 43.3 Å². The maximum absolute atomic E-state index is 14.6. The van der Waals surface area contributed by atoms with Crippen LogP contribution >= 0.6 is 0 Å². The van der Waals surface area contributed by atoms with Crippen molar-refractivity contribution in [3.63, 3.8) is 0 Å². The molecule has 2 atom stereocenters. The number of carbonyl (C=O) groups excluding carboxylic acids is 2. The molecule has 7 rings (SSSR count). The lowest BCUT2D eigenvalue weighted by atomic mass is 9.58. The van der Waals surface area contributed by atoms with Gasteiger partial charge in [-0.15, -0.1) is 10.2 Å². The van der Waals surface area contributed by atoms with Gasteiger partial charge in [-0.05, 0) is 93.3 Å². The molecule has 1 aromatic heterocycles. The molecule has 1 aliphatic carbocycles. The molecule has 0 bridgehead atoms. The fourth-order valence-corrected chi connectivity index (χ4v) is 8.48. The van der Waals surface area contributed by atoms with E-state index in [1.807, 2.05) is 50.6 Å². The van der Waals surface area contributed by atoms with E-state index in [2.05, 4.69) is 27.3 Å². The maximum Gasteiger partial charge on any atom is 0.416 e. The Morgan fingerprint density at radius 1 is 1.06 bits per heavy atom. The van der Waals surface area contributed by atoms with E-state index < -0.39 is 23.2 Å². The monoisotopic (exact) mass is 693 g/mol. The number of anilines is 1. The summed E-state index contributed by atoms with van der Waals surface area (Å²) in [6.07, 6.45) is 0.165. The van der Waals surface area contributed by atoms with E-state index in [1.165, 1.54) is 11.0 Å². The van der Waals surface area contributed by atoms with Crippen molar-refractivity contribution < 1.29 is 27.5 Å². The molecule has 3 aromatic rings. The topological polar surface area (TPSA) is 95.8 Å². The van der Waals surface area contributed by atoms with Crippen molar-refractivity contribution in [1.82, 2.24) is 29.9 Å². The number of alkyl halides is 3. The number of nitrogens with zero attached hydrogens (tertiary/aromatic N) is 6. The van der Waals surface area contributed by atoms with Crippen LogP contribution < -0.4 is 10.2 Å². The van der Waals surface area contributed by atoms with Crippen LogP contribution in [0.4, 0.5) is 23.7 Å². The Morgan fingerprint density at radius 2 is 1.80 bits per heavy atom. The third-order valence-electron chi connectivity index (χ3n) is 10.6. The van der Waals surface area contributed by atoms with Gasteiger partial charge in [0.1, 0.15) is 17.8 Å². The summed E-state index contributed by atoms with van der Waals surface area (Å²) >= 11 is 0. The molecule has 0 radical (unpaired) electrons. The van der Waals surface area contributed by atoms with Crippen molar-refractivity contribution >= 4 is 17.7 Å². The van der Waals surface area contributed by atoms with E-state index in [1.54, 1.807) is 23.4 Å². The summed E-state index contributed by atoms with van der Waals surface area (Å²) in [4.78, 5) is 31.7. The standard InChI is InChI=1S/C37H46F3N7O3/c1-23-16-36(17-23,33-43-41-22-44(33)5)25-7-6-8-28(15-25)47-21-30-29(32(47)48)13-24(14-31(30)37(38,39)40)18-45-11-9-26(19-45)42-27-10-12-46(20-27)34(49)50-35(2,3)4/h6-8,13-15,22-23,26-27,42H,9-12,16-21H2,1-5H3/t23?,26-,27?,36?/m1/s1. The highest BCUT2D eigenvalue weighted by Crippen LogP contribution is 2.52. The van der Waals surface area contributed by atoms with Crippen LogP contribution in [-0.4, -0.2) is 80.4 Å². The number of hydrogen-bond acceptors (Lipinski definition) is 7. The van der Waals surface area contributed by atoms with Gasteiger partial charge in [-0.2, -0.15) is 13.2 Å². The second-order valence-corrected chi connectivity index (χ2v) is 15.8. The maximum atomic E-state index is 14.6. The lowest BCUT2D eigenvalue weighted by Crippen LogP contribution is -2.43. The minimum Gasteiger partial charge on any atom is -0.444 e. The van der Waals surface area contributed by atoms with Gasteiger partial charge in [0.05, 0.1) is 17.5 Å². The van der Waals surface area contributed by atoms with Crippen molar-refractivity contribution in [1.29, 1.82) is 0 Å². The molecule has 2 saturated heterocycles. The number of carbonyl (C=O) groups is 2. The minimum absolute atomic E-state index is 0.0219. The van der Waals surface area contributed by atoms with Gasteiger partial charge < -0.3 is 24.4 Å². The average molecular weight is 694 g/mol. The zero-order chi connectivity index (χ0) is 35.6. The second kappa shape index (κ2) is 12.7. The Hall–Kier alpha value is -3.97. The van der Waals surface area contributed by atoms with Crippen molar-refractivity contribution in [3.05, 3.63) is 76.4 Å². The molecular weight excluding hydrogens is 647 g/mol. The van der Waals surface area contributed by atoms with E-state index in [-0.39, 0.29) is 41.3 Å². The number of ether oxygens (including phenoxy) is 1. The number of nitrogens with one attached hydrogen (secondary N) is 1. The Bertz CT molecular complexity index is 1780. The predicted molar refractivity (Wildman–Crippen MR) is 182 cm³/mol. The predicted octanol–water partition coefficient (Wildman–Crippen LogP) is 5.88. The van der Waals surface area contributed by atoms with Gasteiger partial charge in [0.25, 0.3) is 5.91 Å². The number of halogens is 3. The van der Waals surface area contributed by atoms with Crippen molar-refractivity contribution in [3.8, 4) is 0 Å². The first kappa shape index (κ1) is 34.5. The smallest absolute Gasteiger partial charge is 0.416 e. The van der Waals surface area contributed by atoms with Gasteiger partial charge in [-0.25, -0.2) is 4.79 Å². The first-order valence-electron chi connectivity index (χ1n) is 17.6. The summed E-state index contributed by atoms with van der Waals surface area (Å²) < 4.78 is 51.1. The van der Waals surface area contributed by atoms with Gasteiger partial charge in [-0.1, -0.05) is 19.1 Å². The van der Waals surface area contributed by atoms with E-state index in [4.69, 9.17) is 4.74 Å². The zero-order valence-corrected chi connectivity index (χ0v) is 29.4. The largest absolute Gasteiger partial charge is 0.444 e. The summed E-state index contributed by atoms with van der Waals surface area (Å²) in [5, 5.41) is 12.2. The molecule has 1 saturated carbocycles. The van der Waals surface area contributed by atoms with Gasteiger partial charge in [0, 0.05) is 63.1 Å². The quantitative estimate of drug-likeness (QED) is 0.330. The highest BCUT2D eigenvalue weighted by Gasteiger charge is 2.48. The highest BCUT2D eigenvalue weighted by molar-refractivity contribution is 6.10. The lowest BCUT2D eigenvalue weighted by molar-refractivity contribution is -0.138. The van der Waals surface area contributed by atoms with Gasteiger partial charge in [0.15, 0.2) is 0 Å². The Balaban J connectivity index is 1.05. The van der Waals surface area contributed by atoms with Crippen LogP contribution in [-0.2, 0) is 36.5 Å². The molecule has 3 fully saturated rings. The number of likely N-dealkylation sites (tertiary alicyclic amines) is 2. The van der Waals surface area contributed by atoms with E-state index in [0.717, 1.165) is 43.6 Å². The molecule has 3 aliphatic heterocycles. The normalized spacial score (nSPS) is 25.7. The minimum atomic E-state index is -4.60. The molecular formula is C37H46F3N7O3. The third-order valence-corrected chi connectivity index (χ3v) is 10.6. The van der Waals surface area contributed by atoms with Crippen LogP contribution in [0.1, 0.15) is 91.8 Å². The van der Waals surface area contributed by atoms with Crippen molar-refractivity contribution in [2.75, 3.05) is 31.1 Å². The molecule has 1 unspecified atom stereocenters. The highest BCUT2D eigenvalue weighted by atomic mass is 19.4. The molecule has 2 amide bonds. The van der Waals surface area contributed by atoms with Crippen LogP contribution in [0.3, 0.4) is 0 Å². The first-order valence-corrected chi connectivity index (χ1v) is 17.6. The van der Waals surface area contributed by atoms with Crippen molar-refractivity contribution in [2.24, 2.45) is 13.0 Å². The van der Waals surface area contributed by atoms with Crippen LogP contribution in [0.2, 0.25) is 0 Å². The van der Waals surface area contributed by atoms with Crippen LogP contribution in [0.5, 0.6) is 0 Å². The van der Waals surface area contributed by atoms with Gasteiger partial charge in [-0.3, -0.25) is 9.69 Å². The summed E-state index contributed by atoms with van der Waals surface area (Å²) in [6.45, 7) is 10.5. The van der Waals surface area contributed by atoms with Gasteiger partial charge >= 0.3 is 12.3 Å². The summed E-state index contributed by atoms with van der Waals surface area (Å²) in [6, 6.07) is 10.8. The second-order valence-electron chi connectivity index (χ2n) is 15.8. The molecule has 2 aromatic carbocycles. The van der Waals surface area contributed by atoms with E-state index in [9.17, 15) is 22.8 Å². The molecule has 13 heteroatoms. The Labute approximate surface area is 291 Å². The lowest BCUT2D eigenvalue weighted by Gasteiger charge is -2.46. The summed E-state index contributed by atoms with van der Waals surface area (Å²) in [7, 11) is 1.91. The fourth-order valence-electron chi connectivity index (χ4n) is 8.48. The number of fused-ring (bicyclic) bond motifs is 1. The average Bonchev–Trinajstić information content (AvgIpc) is 3.83. The van der Waals surface area contributed by atoms with Gasteiger partial charge in [0.2, 0.25) is 0 Å². The number of hydrogen-bond donors (Lipinski definition) is 1. The molecule has 4 aliphatic rings. The molecule has 268 valence electrons. The third kappa shape index (κ3) is 6.61. The molecule has 0 spiro atoms. The van der Waals surface area contributed by atoms with Crippen LogP contribution in [0.25, 0.3) is 0 Å². The number of benzene rings is 2. The zero-order valence-electron chi connectivity index (χ0n) is 29.4. The molecule has 1 N–H and O–H groups in total. The van der Waals surface area contributed by atoms with Crippen molar-refractivity contribution in [2.45, 2.75) is 95.7 Å². The molecule has 10 nitrogen and oxygen atoms in total. The SMILES string of the molecule is CC1CC(c2cccc(N3Cc4c(cc(CN5CC[C@@H](NC6CCN(C(=O)OC(C)(C)C)C6)C5)cc4C(F)(F)F)C3=O)c2)(c2nncn2C)C1.